The van der Waals surface area contributed by atoms with Crippen LogP contribution in [0, 0.1) is 0 Å². The summed E-state index contributed by atoms with van der Waals surface area (Å²) in [5, 5.41) is 0.714. The van der Waals surface area contributed by atoms with Crippen molar-refractivity contribution < 1.29 is 0 Å². The molecule has 0 amide bonds. The quantitative estimate of drug-likeness (QED) is 0.589. The highest BCUT2D eigenvalue weighted by atomic mass is 15.0. The van der Waals surface area contributed by atoms with Gasteiger partial charge in [0.15, 0.2) is 5.82 Å². The number of pyridine rings is 2. The average molecular weight is 314 g/mol. The van der Waals surface area contributed by atoms with Crippen molar-refractivity contribution in [1.29, 1.82) is 0 Å². The number of nitrogens with zero attached hydrogens (tertiary/aromatic N) is 4. The lowest BCUT2D eigenvalue weighted by Gasteiger charge is -2.11. The fraction of sp³-hybridized carbons (Fsp3) is 0. The summed E-state index contributed by atoms with van der Waals surface area (Å²) in [6.07, 6.45) is 5.07. The number of aromatic nitrogens is 4. The Kier molecular flexibility index (Phi) is 3.28. The minimum atomic E-state index is 0.328. The molecule has 6 nitrogen and oxygen atoms in total. The first-order valence-corrected chi connectivity index (χ1v) is 7.41. The van der Waals surface area contributed by atoms with Gasteiger partial charge in [-0.1, -0.05) is 30.3 Å². The number of hydrogen-bond donors (Lipinski definition) is 2. The molecular formula is C18H14N6. The predicted octanol–water partition coefficient (Wildman–Crippen LogP) is 2.92. The maximum Gasteiger partial charge on any atom is 0.162 e. The third kappa shape index (κ3) is 2.30. The SMILES string of the molecule is Nc1ncc(-c2ccccc2)c2c(N)nc(-c3ccncc3)nc12. The van der Waals surface area contributed by atoms with Crippen molar-refractivity contribution in [2.24, 2.45) is 0 Å². The largest absolute Gasteiger partial charge is 0.383 e. The van der Waals surface area contributed by atoms with Crippen LogP contribution in [0.5, 0.6) is 0 Å². The molecule has 116 valence electrons. The Morgan fingerprint density at radius 1 is 0.750 bits per heavy atom. The van der Waals surface area contributed by atoms with Crippen molar-refractivity contribution in [3.63, 3.8) is 0 Å². The van der Waals surface area contributed by atoms with E-state index in [1.165, 1.54) is 0 Å². The fourth-order valence-corrected chi connectivity index (χ4v) is 2.66. The molecule has 0 radical (unpaired) electrons. The summed E-state index contributed by atoms with van der Waals surface area (Å²) in [7, 11) is 0. The zero-order valence-electron chi connectivity index (χ0n) is 12.7. The molecule has 4 rings (SSSR count). The first-order valence-electron chi connectivity index (χ1n) is 7.41. The van der Waals surface area contributed by atoms with Gasteiger partial charge in [-0.05, 0) is 17.7 Å². The third-order valence-corrected chi connectivity index (χ3v) is 3.81. The Bertz CT molecular complexity index is 1020. The highest BCUT2D eigenvalue weighted by molar-refractivity contribution is 6.05. The molecule has 0 aliphatic carbocycles. The van der Waals surface area contributed by atoms with Gasteiger partial charge in [-0.15, -0.1) is 0 Å². The number of benzene rings is 1. The molecule has 4 N–H and O–H groups in total. The van der Waals surface area contributed by atoms with Crippen molar-refractivity contribution in [3.8, 4) is 22.5 Å². The fourth-order valence-electron chi connectivity index (χ4n) is 2.66. The van der Waals surface area contributed by atoms with E-state index in [4.69, 9.17) is 11.5 Å². The van der Waals surface area contributed by atoms with E-state index in [0.717, 1.165) is 16.7 Å². The van der Waals surface area contributed by atoms with Crippen LogP contribution in [-0.4, -0.2) is 19.9 Å². The smallest absolute Gasteiger partial charge is 0.162 e. The molecule has 3 heterocycles. The van der Waals surface area contributed by atoms with Crippen LogP contribution in [0.15, 0.2) is 61.1 Å². The summed E-state index contributed by atoms with van der Waals surface area (Å²) in [6.45, 7) is 0. The zero-order valence-corrected chi connectivity index (χ0v) is 12.7. The van der Waals surface area contributed by atoms with Gasteiger partial charge in [-0.2, -0.15) is 0 Å². The Hall–Kier alpha value is -3.54. The molecule has 0 saturated carbocycles. The van der Waals surface area contributed by atoms with Gasteiger partial charge >= 0.3 is 0 Å². The van der Waals surface area contributed by atoms with E-state index in [1.54, 1.807) is 18.6 Å². The van der Waals surface area contributed by atoms with Crippen molar-refractivity contribution in [2.45, 2.75) is 0 Å². The van der Waals surface area contributed by atoms with E-state index >= 15 is 0 Å². The van der Waals surface area contributed by atoms with Gasteiger partial charge in [0, 0.05) is 29.7 Å². The van der Waals surface area contributed by atoms with Crippen molar-refractivity contribution in [3.05, 3.63) is 61.1 Å². The Morgan fingerprint density at radius 2 is 1.50 bits per heavy atom. The summed E-state index contributed by atoms with van der Waals surface area (Å²) < 4.78 is 0. The van der Waals surface area contributed by atoms with Gasteiger partial charge in [-0.3, -0.25) is 4.98 Å². The van der Waals surface area contributed by atoms with Crippen LogP contribution in [0.4, 0.5) is 11.6 Å². The van der Waals surface area contributed by atoms with E-state index in [2.05, 4.69) is 19.9 Å². The third-order valence-electron chi connectivity index (χ3n) is 3.81. The van der Waals surface area contributed by atoms with Crippen molar-refractivity contribution >= 4 is 22.5 Å². The van der Waals surface area contributed by atoms with E-state index in [1.807, 2.05) is 42.5 Å². The first kappa shape index (κ1) is 14.1. The van der Waals surface area contributed by atoms with Crippen LogP contribution in [-0.2, 0) is 0 Å². The van der Waals surface area contributed by atoms with E-state index in [9.17, 15) is 0 Å². The van der Waals surface area contributed by atoms with Gasteiger partial charge in [-0.25, -0.2) is 15.0 Å². The van der Waals surface area contributed by atoms with Gasteiger partial charge in [0.25, 0.3) is 0 Å². The molecule has 0 bridgehead atoms. The van der Waals surface area contributed by atoms with Crippen LogP contribution >= 0.6 is 0 Å². The van der Waals surface area contributed by atoms with E-state index in [0.29, 0.717) is 28.4 Å². The number of hydrogen-bond acceptors (Lipinski definition) is 6. The molecule has 24 heavy (non-hydrogen) atoms. The molecule has 0 unspecified atom stereocenters. The molecule has 0 aliphatic rings. The van der Waals surface area contributed by atoms with Gasteiger partial charge in [0.2, 0.25) is 0 Å². The number of fused-ring (bicyclic) bond motifs is 1. The number of nitrogens with two attached hydrogens (primary N) is 2. The lowest BCUT2D eigenvalue weighted by molar-refractivity contribution is 1.21. The minimum Gasteiger partial charge on any atom is -0.383 e. The topological polar surface area (TPSA) is 104 Å². The molecule has 0 spiro atoms. The molecule has 3 aromatic heterocycles. The van der Waals surface area contributed by atoms with Crippen molar-refractivity contribution in [1.82, 2.24) is 19.9 Å². The molecule has 4 aromatic rings. The molecule has 0 fully saturated rings. The molecule has 6 heteroatoms. The minimum absolute atomic E-state index is 0.328. The Morgan fingerprint density at radius 3 is 2.25 bits per heavy atom. The predicted molar refractivity (Wildman–Crippen MR) is 94.8 cm³/mol. The van der Waals surface area contributed by atoms with Crippen LogP contribution < -0.4 is 11.5 Å². The maximum atomic E-state index is 6.25. The molecule has 1 aromatic carbocycles. The Balaban J connectivity index is 2.02. The summed E-state index contributed by atoms with van der Waals surface area (Å²) in [5.41, 5.74) is 15.5. The van der Waals surface area contributed by atoms with Crippen LogP contribution in [0.3, 0.4) is 0 Å². The monoisotopic (exact) mass is 314 g/mol. The second-order valence-electron chi connectivity index (χ2n) is 5.32. The second-order valence-corrected chi connectivity index (χ2v) is 5.32. The molecule has 0 aliphatic heterocycles. The van der Waals surface area contributed by atoms with E-state index < -0.39 is 0 Å². The lowest BCUT2D eigenvalue weighted by atomic mass is 10.0. The number of rotatable bonds is 2. The van der Waals surface area contributed by atoms with Crippen LogP contribution in [0.25, 0.3) is 33.4 Å². The summed E-state index contributed by atoms with van der Waals surface area (Å²) >= 11 is 0. The van der Waals surface area contributed by atoms with Gasteiger partial charge in [0.05, 0.1) is 5.39 Å². The summed E-state index contributed by atoms with van der Waals surface area (Å²) in [5.74, 6) is 1.20. The van der Waals surface area contributed by atoms with Crippen LogP contribution in [0.2, 0.25) is 0 Å². The summed E-state index contributed by atoms with van der Waals surface area (Å²) in [6, 6.07) is 13.5. The van der Waals surface area contributed by atoms with Crippen LogP contribution in [0.1, 0.15) is 0 Å². The average Bonchev–Trinajstić information content (AvgIpc) is 2.64. The maximum absolute atomic E-state index is 6.25. The standard InChI is InChI=1S/C18H14N6/c19-16-14-13(11-4-2-1-3-5-11)10-22-17(20)15(14)23-18(24-16)12-6-8-21-9-7-12/h1-10H,(H2,20,22)(H2,19,23,24). The van der Waals surface area contributed by atoms with E-state index in [-0.39, 0.29) is 0 Å². The number of anilines is 2. The highest BCUT2D eigenvalue weighted by Crippen LogP contribution is 2.33. The first-order chi connectivity index (χ1) is 11.7. The number of nitrogen functional groups attached to an aromatic ring is 2. The highest BCUT2D eigenvalue weighted by Gasteiger charge is 2.15. The molecule has 0 atom stereocenters. The van der Waals surface area contributed by atoms with Gasteiger partial charge < -0.3 is 11.5 Å². The summed E-state index contributed by atoms with van der Waals surface area (Å²) in [4.78, 5) is 17.3. The molecular weight excluding hydrogens is 300 g/mol. The zero-order chi connectivity index (χ0) is 16.5. The normalized spacial score (nSPS) is 10.8. The van der Waals surface area contributed by atoms with Crippen molar-refractivity contribution in [2.75, 3.05) is 11.5 Å². The Labute approximate surface area is 138 Å². The van der Waals surface area contributed by atoms with Gasteiger partial charge in [0.1, 0.15) is 17.2 Å². The lowest BCUT2D eigenvalue weighted by Crippen LogP contribution is -2.03. The molecule has 0 saturated heterocycles. The second kappa shape index (κ2) is 5.58.